The summed E-state index contributed by atoms with van der Waals surface area (Å²) in [6.07, 6.45) is 5.57. The van der Waals surface area contributed by atoms with Crippen molar-refractivity contribution in [3.8, 4) is 0 Å². The lowest BCUT2D eigenvalue weighted by molar-refractivity contribution is -0.903. The number of hydrogen-bond donors (Lipinski definition) is 1. The summed E-state index contributed by atoms with van der Waals surface area (Å²) in [5, 5.41) is 11.1. The molecule has 0 bridgehead atoms. The Morgan fingerprint density at radius 1 is 1.13 bits per heavy atom. The number of nitro groups is 1. The highest BCUT2D eigenvalue weighted by Crippen LogP contribution is 2.42. The number of benzene rings is 1. The van der Waals surface area contributed by atoms with Gasteiger partial charge < -0.3 is 9.80 Å². The Hall–Kier alpha value is -3.04. The minimum absolute atomic E-state index is 0.0568. The molecule has 8 nitrogen and oxygen atoms in total. The number of piperidine rings is 1. The van der Waals surface area contributed by atoms with Crippen molar-refractivity contribution >= 4 is 45.7 Å². The number of likely N-dealkylation sites (tertiary alicyclic amines) is 1. The van der Waals surface area contributed by atoms with E-state index in [1.165, 1.54) is 38.4 Å². The molecule has 3 aliphatic rings. The third kappa shape index (κ3) is 3.29. The largest absolute Gasteiger partial charge is 0.333 e. The average molecular weight is 425 g/mol. The van der Waals surface area contributed by atoms with Gasteiger partial charge in [0.25, 0.3) is 5.91 Å². The summed E-state index contributed by atoms with van der Waals surface area (Å²) in [5.74, 6) is 0.320. The summed E-state index contributed by atoms with van der Waals surface area (Å²) < 4.78 is 0. The van der Waals surface area contributed by atoms with E-state index >= 15 is 0 Å². The first-order valence-corrected chi connectivity index (χ1v) is 11.0. The van der Waals surface area contributed by atoms with Gasteiger partial charge in [-0.05, 0) is 43.5 Å². The fraction of sp³-hybridized carbons (Fsp3) is 0.333. The van der Waals surface area contributed by atoms with Gasteiger partial charge in [0.2, 0.25) is 5.96 Å². The number of aliphatic imine (C=N–C) groups is 1. The molecule has 1 N–H and O–H groups in total. The zero-order valence-corrected chi connectivity index (χ0v) is 17.2. The van der Waals surface area contributed by atoms with Gasteiger partial charge in [-0.2, -0.15) is 4.99 Å². The predicted octanol–water partition coefficient (Wildman–Crippen LogP) is 2.29. The normalized spacial score (nSPS) is 19.9. The maximum atomic E-state index is 12.7. The van der Waals surface area contributed by atoms with Gasteiger partial charge >= 0.3 is 5.00 Å². The predicted molar refractivity (Wildman–Crippen MR) is 117 cm³/mol. The van der Waals surface area contributed by atoms with E-state index < -0.39 is 4.92 Å². The molecule has 4 heterocycles. The fourth-order valence-electron chi connectivity index (χ4n) is 4.38. The van der Waals surface area contributed by atoms with E-state index in [1.807, 2.05) is 23.1 Å². The third-order valence-electron chi connectivity index (χ3n) is 5.84. The number of thiophene rings is 1. The third-order valence-corrected chi connectivity index (χ3v) is 6.82. The number of anilines is 2. The standard InChI is InChI=1S/C21H21N5O3S/c27-20-18(14-15-8-9-19(30-15)26(28)29)25-17-7-3-2-6-16(17)24(21(25)22-20)13-12-23-10-4-1-5-11-23/h2-3,6-9,14H,1,4-5,10-13H2/p+1/b18-14-. The molecule has 0 radical (unpaired) electrons. The minimum atomic E-state index is -0.416. The Balaban J connectivity index is 1.45. The maximum Gasteiger partial charge on any atom is 0.324 e. The Labute approximate surface area is 177 Å². The van der Waals surface area contributed by atoms with E-state index in [2.05, 4.69) is 16.0 Å². The van der Waals surface area contributed by atoms with Crippen LogP contribution in [-0.4, -0.2) is 43.0 Å². The Bertz CT molecular complexity index is 1070. The lowest BCUT2D eigenvalue weighted by Crippen LogP contribution is -3.13. The highest BCUT2D eigenvalue weighted by Gasteiger charge is 2.42. The number of carbonyl (C=O) groups excluding carboxylic acids is 1. The molecule has 9 heteroatoms. The maximum absolute atomic E-state index is 12.7. The van der Waals surface area contributed by atoms with Crippen molar-refractivity contribution in [2.24, 2.45) is 4.99 Å². The van der Waals surface area contributed by atoms with Crippen LogP contribution in [0.3, 0.4) is 0 Å². The van der Waals surface area contributed by atoms with Crippen LogP contribution in [0, 0.1) is 10.1 Å². The minimum Gasteiger partial charge on any atom is -0.333 e. The first-order valence-electron chi connectivity index (χ1n) is 10.2. The number of guanidine groups is 1. The number of quaternary nitrogens is 1. The second-order valence-electron chi connectivity index (χ2n) is 7.72. The zero-order valence-electron chi connectivity index (χ0n) is 16.4. The summed E-state index contributed by atoms with van der Waals surface area (Å²) in [4.78, 5) is 33.9. The van der Waals surface area contributed by atoms with Crippen molar-refractivity contribution in [1.82, 2.24) is 0 Å². The molecule has 0 unspecified atom stereocenters. The average Bonchev–Trinajstić information content (AvgIpc) is 3.42. The lowest BCUT2D eigenvalue weighted by atomic mass is 10.1. The van der Waals surface area contributed by atoms with Gasteiger partial charge in [-0.1, -0.05) is 23.5 Å². The molecule has 154 valence electrons. The number of nitrogens with zero attached hydrogens (tertiary/aromatic N) is 4. The van der Waals surface area contributed by atoms with Crippen LogP contribution in [0.2, 0.25) is 0 Å². The van der Waals surface area contributed by atoms with Crippen LogP contribution in [0.15, 0.2) is 47.1 Å². The molecule has 2 aromatic rings. The number of rotatable bonds is 5. The van der Waals surface area contributed by atoms with Crippen LogP contribution in [0.1, 0.15) is 24.1 Å². The molecular formula is C21H22N5O3S+. The number of para-hydroxylation sites is 2. The van der Waals surface area contributed by atoms with Crippen molar-refractivity contribution in [1.29, 1.82) is 0 Å². The molecule has 0 atom stereocenters. The van der Waals surface area contributed by atoms with Gasteiger partial charge in [0.15, 0.2) is 0 Å². The molecular weight excluding hydrogens is 402 g/mol. The van der Waals surface area contributed by atoms with Crippen LogP contribution in [0.5, 0.6) is 0 Å². The first kappa shape index (κ1) is 19.0. The molecule has 1 saturated heterocycles. The number of fused-ring (bicyclic) bond motifs is 3. The highest BCUT2D eigenvalue weighted by atomic mass is 32.1. The van der Waals surface area contributed by atoms with E-state index in [4.69, 9.17) is 0 Å². The smallest absolute Gasteiger partial charge is 0.324 e. The lowest BCUT2D eigenvalue weighted by Gasteiger charge is -2.26. The highest BCUT2D eigenvalue weighted by molar-refractivity contribution is 7.16. The van der Waals surface area contributed by atoms with Crippen molar-refractivity contribution in [2.75, 3.05) is 36.0 Å². The van der Waals surface area contributed by atoms with E-state index in [0.29, 0.717) is 16.5 Å². The second kappa shape index (κ2) is 7.66. The number of amides is 1. The molecule has 1 aromatic heterocycles. The van der Waals surface area contributed by atoms with Crippen LogP contribution in [-0.2, 0) is 4.79 Å². The van der Waals surface area contributed by atoms with Crippen LogP contribution in [0.25, 0.3) is 6.08 Å². The van der Waals surface area contributed by atoms with E-state index in [1.54, 1.807) is 17.0 Å². The van der Waals surface area contributed by atoms with Crippen LogP contribution < -0.4 is 14.7 Å². The Morgan fingerprint density at radius 3 is 2.63 bits per heavy atom. The molecule has 1 aromatic carbocycles. The monoisotopic (exact) mass is 424 g/mol. The van der Waals surface area contributed by atoms with Crippen molar-refractivity contribution in [2.45, 2.75) is 19.3 Å². The summed E-state index contributed by atoms with van der Waals surface area (Å²) >= 11 is 1.05. The summed E-state index contributed by atoms with van der Waals surface area (Å²) in [6.45, 7) is 4.21. The van der Waals surface area contributed by atoms with E-state index in [-0.39, 0.29) is 10.9 Å². The van der Waals surface area contributed by atoms with Crippen molar-refractivity contribution in [3.63, 3.8) is 0 Å². The van der Waals surface area contributed by atoms with Crippen LogP contribution in [0.4, 0.5) is 16.4 Å². The Morgan fingerprint density at radius 2 is 1.90 bits per heavy atom. The van der Waals surface area contributed by atoms with E-state index in [0.717, 1.165) is 35.8 Å². The van der Waals surface area contributed by atoms with Gasteiger partial charge in [0.05, 0.1) is 42.5 Å². The molecule has 30 heavy (non-hydrogen) atoms. The summed E-state index contributed by atoms with van der Waals surface area (Å²) in [5.41, 5.74) is 2.40. The van der Waals surface area contributed by atoms with Crippen molar-refractivity contribution in [3.05, 3.63) is 57.1 Å². The van der Waals surface area contributed by atoms with Gasteiger partial charge in [0, 0.05) is 10.9 Å². The first-order chi connectivity index (χ1) is 14.6. The molecule has 1 fully saturated rings. The molecule has 0 spiro atoms. The van der Waals surface area contributed by atoms with Gasteiger partial charge in [-0.3, -0.25) is 19.8 Å². The topological polar surface area (TPSA) is 83.5 Å². The molecule has 0 aliphatic carbocycles. The van der Waals surface area contributed by atoms with Gasteiger partial charge in [-0.25, -0.2) is 0 Å². The molecule has 5 rings (SSSR count). The molecule has 1 amide bonds. The fourth-order valence-corrected chi connectivity index (χ4v) is 5.14. The number of nitrogens with one attached hydrogen (secondary N) is 1. The quantitative estimate of drug-likeness (QED) is 0.452. The van der Waals surface area contributed by atoms with E-state index in [9.17, 15) is 14.9 Å². The van der Waals surface area contributed by atoms with Crippen molar-refractivity contribution < 1.29 is 14.6 Å². The molecule has 0 saturated carbocycles. The molecule has 3 aliphatic heterocycles. The Kier molecular flexibility index (Phi) is 4.84. The van der Waals surface area contributed by atoms with Gasteiger partial charge in [0.1, 0.15) is 5.70 Å². The zero-order chi connectivity index (χ0) is 20.7. The number of carbonyl (C=O) groups is 1. The van der Waals surface area contributed by atoms with Gasteiger partial charge in [-0.15, -0.1) is 0 Å². The van der Waals surface area contributed by atoms with Crippen LogP contribution >= 0.6 is 11.3 Å². The second-order valence-corrected chi connectivity index (χ2v) is 8.81. The summed E-state index contributed by atoms with van der Waals surface area (Å²) in [6, 6.07) is 11.1. The summed E-state index contributed by atoms with van der Waals surface area (Å²) in [7, 11) is 0. The number of hydrogen-bond acceptors (Lipinski definition) is 6. The SMILES string of the molecule is O=C1N=C2N(CC[NH+]3CCCCC3)c3ccccc3N2/C1=C\c1ccc([N+](=O)[O-])s1.